The van der Waals surface area contributed by atoms with E-state index < -0.39 is 11.7 Å². The average molecular weight is 370 g/mol. The third kappa shape index (κ3) is 3.08. The molecule has 3 aliphatic rings. The molecule has 0 bridgehead atoms. The Morgan fingerprint density at radius 3 is 2.78 bits per heavy atom. The van der Waals surface area contributed by atoms with E-state index in [1.54, 1.807) is 6.26 Å². The van der Waals surface area contributed by atoms with Gasteiger partial charge in [-0.1, -0.05) is 0 Å². The number of furan rings is 1. The molecule has 0 radical (unpaired) electrons. The normalized spacial score (nSPS) is 25.0. The first-order valence-electron chi connectivity index (χ1n) is 9.96. The first kappa shape index (κ1) is 17.0. The molecule has 0 N–H and O–H groups in total. The van der Waals surface area contributed by atoms with Crippen molar-refractivity contribution in [1.82, 2.24) is 19.4 Å². The molecule has 5 heterocycles. The summed E-state index contributed by atoms with van der Waals surface area (Å²) in [6, 6.07) is 3.94. The van der Waals surface area contributed by atoms with Crippen LogP contribution in [0.25, 0.3) is 0 Å². The number of carbonyl (C=O) groups is 1. The van der Waals surface area contributed by atoms with E-state index in [0.29, 0.717) is 6.54 Å². The van der Waals surface area contributed by atoms with E-state index in [2.05, 4.69) is 14.5 Å². The van der Waals surface area contributed by atoms with Crippen LogP contribution in [0.5, 0.6) is 0 Å². The van der Waals surface area contributed by atoms with Crippen LogP contribution in [0, 0.1) is 0 Å². The highest BCUT2D eigenvalue weighted by molar-refractivity contribution is 5.81. The lowest BCUT2D eigenvalue weighted by atomic mass is 9.88. The Morgan fingerprint density at radius 1 is 1.22 bits per heavy atom. The third-order valence-corrected chi connectivity index (χ3v) is 6.17. The minimum atomic E-state index is -0.457. The second-order valence-corrected chi connectivity index (χ2v) is 7.89. The summed E-state index contributed by atoms with van der Waals surface area (Å²) in [5.41, 5.74) is -0.457. The number of piperidine rings is 1. The Hall–Kier alpha value is -2.12. The summed E-state index contributed by atoms with van der Waals surface area (Å²) in [6.45, 7) is 4.91. The van der Waals surface area contributed by atoms with Gasteiger partial charge >= 0.3 is 0 Å². The van der Waals surface area contributed by atoms with Gasteiger partial charge in [-0.3, -0.25) is 9.69 Å². The van der Waals surface area contributed by atoms with Crippen molar-refractivity contribution in [3.8, 4) is 0 Å². The van der Waals surface area contributed by atoms with Crippen molar-refractivity contribution >= 4 is 5.91 Å². The van der Waals surface area contributed by atoms with Crippen molar-refractivity contribution < 1.29 is 13.9 Å². The second kappa shape index (κ2) is 6.80. The van der Waals surface area contributed by atoms with Crippen LogP contribution in [0.15, 0.2) is 35.2 Å². The number of ether oxygens (including phenoxy) is 1. The molecule has 2 aromatic rings. The van der Waals surface area contributed by atoms with Crippen LogP contribution in [-0.4, -0.2) is 57.5 Å². The van der Waals surface area contributed by atoms with Crippen LogP contribution < -0.4 is 0 Å². The van der Waals surface area contributed by atoms with Crippen molar-refractivity contribution in [2.75, 3.05) is 26.2 Å². The number of hydrogen-bond donors (Lipinski definition) is 0. The van der Waals surface area contributed by atoms with E-state index in [1.807, 2.05) is 29.4 Å². The number of aromatic nitrogens is 2. The van der Waals surface area contributed by atoms with E-state index >= 15 is 0 Å². The summed E-state index contributed by atoms with van der Waals surface area (Å²) in [4.78, 5) is 21.9. The minimum Gasteiger partial charge on any atom is -0.468 e. The summed E-state index contributed by atoms with van der Waals surface area (Å²) in [5, 5.41) is 0. The molecule has 27 heavy (non-hydrogen) atoms. The highest BCUT2D eigenvalue weighted by Gasteiger charge is 2.47. The zero-order valence-electron chi connectivity index (χ0n) is 15.5. The summed E-state index contributed by atoms with van der Waals surface area (Å²) >= 11 is 0. The Morgan fingerprint density at radius 2 is 2.04 bits per heavy atom. The molecule has 0 aliphatic carbocycles. The van der Waals surface area contributed by atoms with E-state index in [1.165, 1.54) is 0 Å². The van der Waals surface area contributed by atoms with Crippen LogP contribution in [0.4, 0.5) is 0 Å². The predicted molar refractivity (Wildman–Crippen MR) is 97.8 cm³/mol. The van der Waals surface area contributed by atoms with Gasteiger partial charge < -0.3 is 18.6 Å². The van der Waals surface area contributed by atoms with Crippen molar-refractivity contribution in [2.24, 2.45) is 0 Å². The lowest BCUT2D eigenvalue weighted by Gasteiger charge is -2.45. The van der Waals surface area contributed by atoms with Gasteiger partial charge in [-0.25, -0.2) is 4.98 Å². The van der Waals surface area contributed by atoms with Crippen molar-refractivity contribution in [3.63, 3.8) is 0 Å². The molecule has 5 rings (SSSR count). The lowest BCUT2D eigenvalue weighted by molar-refractivity contribution is -0.180. The Balaban J connectivity index is 1.33. The minimum absolute atomic E-state index is 0.143. The molecule has 2 aromatic heterocycles. The maximum absolute atomic E-state index is 13.0. The van der Waals surface area contributed by atoms with Gasteiger partial charge in [-0.2, -0.15) is 0 Å². The van der Waals surface area contributed by atoms with Gasteiger partial charge in [0, 0.05) is 38.6 Å². The largest absolute Gasteiger partial charge is 0.468 e. The Labute approximate surface area is 158 Å². The van der Waals surface area contributed by atoms with E-state index in [0.717, 1.165) is 70.0 Å². The van der Waals surface area contributed by atoms with Crippen LogP contribution >= 0.6 is 0 Å². The molecule has 0 aromatic carbocycles. The molecular formula is C20H26N4O3. The highest BCUT2D eigenvalue weighted by Crippen LogP contribution is 2.40. The summed E-state index contributed by atoms with van der Waals surface area (Å²) in [5.74, 6) is 2.11. The zero-order valence-corrected chi connectivity index (χ0v) is 15.5. The molecule has 2 saturated heterocycles. The number of hydrogen-bond acceptors (Lipinski definition) is 5. The Bertz CT molecular complexity index is 786. The van der Waals surface area contributed by atoms with Gasteiger partial charge in [0.25, 0.3) is 5.91 Å². The van der Waals surface area contributed by atoms with Crippen molar-refractivity contribution in [1.29, 1.82) is 0 Å². The number of amides is 1. The first-order valence-corrected chi connectivity index (χ1v) is 9.96. The second-order valence-electron chi connectivity index (χ2n) is 7.89. The maximum atomic E-state index is 13.0. The topological polar surface area (TPSA) is 63.7 Å². The van der Waals surface area contributed by atoms with Gasteiger partial charge in [0.2, 0.25) is 0 Å². The van der Waals surface area contributed by atoms with Gasteiger partial charge in [-0.15, -0.1) is 0 Å². The molecule has 7 nitrogen and oxygen atoms in total. The SMILES string of the molecule is O=C(C1Cn2ccnc2C2(CCN(Cc3ccco3)CC2)O1)N1CCCC1. The summed E-state index contributed by atoms with van der Waals surface area (Å²) < 4.78 is 14.1. The molecule has 0 saturated carbocycles. The molecular weight excluding hydrogens is 344 g/mol. The van der Waals surface area contributed by atoms with Gasteiger partial charge in [0.05, 0.1) is 19.4 Å². The number of imidazole rings is 1. The van der Waals surface area contributed by atoms with Crippen LogP contribution in [-0.2, 0) is 28.2 Å². The molecule has 1 unspecified atom stereocenters. The molecule has 1 atom stereocenters. The van der Waals surface area contributed by atoms with E-state index in [-0.39, 0.29) is 5.91 Å². The van der Waals surface area contributed by atoms with Gasteiger partial charge in [-0.05, 0) is 37.8 Å². The number of carbonyl (C=O) groups excluding carboxylic acids is 1. The summed E-state index contributed by atoms with van der Waals surface area (Å²) in [6.07, 6.45) is 9.02. The molecule has 1 spiro atoms. The number of rotatable bonds is 3. The fraction of sp³-hybridized carbons (Fsp3) is 0.600. The standard InChI is InChI=1S/C20H26N4O3/c25-18(23-8-1-2-9-23)17-15-24-12-7-21-19(24)20(27-17)5-10-22(11-6-20)14-16-4-3-13-26-16/h3-4,7,12-13,17H,1-2,5-6,8-11,14-15H2. The van der Waals surface area contributed by atoms with Crippen molar-refractivity contribution in [2.45, 2.75) is 50.5 Å². The van der Waals surface area contributed by atoms with Gasteiger partial charge in [0.1, 0.15) is 17.2 Å². The molecule has 3 aliphatic heterocycles. The van der Waals surface area contributed by atoms with E-state index in [9.17, 15) is 4.79 Å². The van der Waals surface area contributed by atoms with Gasteiger partial charge in [0.15, 0.2) is 6.10 Å². The highest BCUT2D eigenvalue weighted by atomic mass is 16.5. The smallest absolute Gasteiger partial charge is 0.253 e. The number of fused-ring (bicyclic) bond motifs is 2. The zero-order chi connectivity index (χ0) is 18.3. The molecule has 144 valence electrons. The fourth-order valence-corrected chi connectivity index (χ4v) is 4.70. The monoisotopic (exact) mass is 370 g/mol. The van der Waals surface area contributed by atoms with Crippen LogP contribution in [0.2, 0.25) is 0 Å². The maximum Gasteiger partial charge on any atom is 0.253 e. The van der Waals surface area contributed by atoms with Crippen molar-refractivity contribution in [3.05, 3.63) is 42.4 Å². The van der Waals surface area contributed by atoms with Crippen LogP contribution in [0.1, 0.15) is 37.3 Å². The fourth-order valence-electron chi connectivity index (χ4n) is 4.70. The lowest BCUT2D eigenvalue weighted by Crippen LogP contribution is -2.54. The molecule has 1 amide bonds. The van der Waals surface area contributed by atoms with Crippen LogP contribution in [0.3, 0.4) is 0 Å². The van der Waals surface area contributed by atoms with E-state index in [4.69, 9.17) is 9.15 Å². The predicted octanol–water partition coefficient (Wildman–Crippen LogP) is 1.99. The summed E-state index contributed by atoms with van der Waals surface area (Å²) in [7, 11) is 0. The first-order chi connectivity index (χ1) is 13.2. The molecule has 7 heteroatoms. The average Bonchev–Trinajstić information content (AvgIpc) is 3.45. The molecule has 2 fully saturated rings. The Kier molecular flexibility index (Phi) is 4.28. The number of nitrogens with zero attached hydrogens (tertiary/aromatic N) is 4. The third-order valence-electron chi connectivity index (χ3n) is 6.17. The number of likely N-dealkylation sites (tertiary alicyclic amines) is 2. The quantitative estimate of drug-likeness (QED) is 0.827.